The minimum Gasteiger partial charge on any atom is -0.467 e. The lowest BCUT2D eigenvalue weighted by atomic mass is 10.2. The molecule has 0 radical (unpaired) electrons. The quantitative estimate of drug-likeness (QED) is 0.577. The van der Waals surface area contributed by atoms with Crippen LogP contribution in [0.1, 0.15) is 23.3 Å². The van der Waals surface area contributed by atoms with E-state index in [0.29, 0.717) is 12.0 Å². The molecule has 5 heteroatoms. The fourth-order valence-corrected chi connectivity index (χ4v) is 2.09. The van der Waals surface area contributed by atoms with Crippen LogP contribution >= 0.6 is 0 Å². The van der Waals surface area contributed by atoms with Crippen LogP contribution in [0.3, 0.4) is 0 Å². The largest absolute Gasteiger partial charge is 0.467 e. The van der Waals surface area contributed by atoms with Crippen molar-refractivity contribution in [2.75, 3.05) is 18.6 Å². The first-order chi connectivity index (χ1) is 8.26. The number of anilines is 1. The molecular weight excluding hydrogens is 220 g/mol. The highest BCUT2D eigenvalue weighted by atomic mass is 16.5. The van der Waals surface area contributed by atoms with Crippen molar-refractivity contribution >= 4 is 17.9 Å². The zero-order valence-corrected chi connectivity index (χ0v) is 9.63. The van der Waals surface area contributed by atoms with Crippen LogP contribution in [0.25, 0.3) is 0 Å². The summed E-state index contributed by atoms with van der Waals surface area (Å²) in [5.41, 5.74) is 1.24. The first-order valence-corrected chi connectivity index (χ1v) is 5.52. The van der Waals surface area contributed by atoms with Crippen molar-refractivity contribution in [2.24, 2.45) is 0 Å². The number of nitrogens with zero attached hydrogens (tertiary/aromatic N) is 2. The Morgan fingerprint density at radius 2 is 2.41 bits per heavy atom. The van der Waals surface area contributed by atoms with Crippen molar-refractivity contribution < 1.29 is 14.3 Å². The van der Waals surface area contributed by atoms with E-state index in [2.05, 4.69) is 4.98 Å². The van der Waals surface area contributed by atoms with Crippen molar-refractivity contribution in [1.29, 1.82) is 0 Å². The van der Waals surface area contributed by atoms with Crippen LogP contribution in [0, 0.1) is 0 Å². The van der Waals surface area contributed by atoms with Crippen molar-refractivity contribution in [3.8, 4) is 0 Å². The summed E-state index contributed by atoms with van der Waals surface area (Å²) < 4.78 is 4.77. The van der Waals surface area contributed by atoms with E-state index in [4.69, 9.17) is 4.74 Å². The number of esters is 1. The van der Waals surface area contributed by atoms with E-state index in [1.165, 1.54) is 7.11 Å². The van der Waals surface area contributed by atoms with Gasteiger partial charge in [-0.25, -0.2) is 4.79 Å². The maximum atomic E-state index is 11.6. The zero-order valence-electron chi connectivity index (χ0n) is 9.63. The van der Waals surface area contributed by atoms with Crippen LogP contribution in [-0.4, -0.2) is 36.9 Å². The number of carbonyl (C=O) groups excluding carboxylic acids is 2. The second kappa shape index (κ2) is 4.95. The molecule has 1 unspecified atom stereocenters. The molecule has 1 saturated heterocycles. The summed E-state index contributed by atoms with van der Waals surface area (Å²) in [6, 6.07) is 3.22. The van der Waals surface area contributed by atoms with Gasteiger partial charge in [-0.05, 0) is 25.0 Å². The molecule has 0 aliphatic carbocycles. The average Bonchev–Trinajstić information content (AvgIpc) is 2.87. The summed E-state index contributed by atoms with van der Waals surface area (Å²) in [6.45, 7) is 0.807. The van der Waals surface area contributed by atoms with Gasteiger partial charge in [-0.15, -0.1) is 0 Å². The van der Waals surface area contributed by atoms with Gasteiger partial charge >= 0.3 is 5.97 Å². The number of hydrogen-bond donors (Lipinski definition) is 0. The number of pyridine rings is 1. The molecule has 2 heterocycles. The zero-order chi connectivity index (χ0) is 12.3. The van der Waals surface area contributed by atoms with Crippen LogP contribution in [0.2, 0.25) is 0 Å². The Kier molecular flexibility index (Phi) is 3.37. The third-order valence-electron chi connectivity index (χ3n) is 2.95. The van der Waals surface area contributed by atoms with Gasteiger partial charge in [0.15, 0.2) is 6.29 Å². The van der Waals surface area contributed by atoms with Gasteiger partial charge in [0.1, 0.15) is 11.7 Å². The lowest BCUT2D eigenvalue weighted by Gasteiger charge is -2.24. The summed E-state index contributed by atoms with van der Waals surface area (Å²) in [5, 5.41) is 0. The number of ether oxygens (including phenoxy) is 1. The molecule has 0 aromatic carbocycles. The molecule has 1 aliphatic rings. The van der Waals surface area contributed by atoms with Crippen molar-refractivity contribution in [2.45, 2.75) is 18.9 Å². The van der Waals surface area contributed by atoms with E-state index in [-0.39, 0.29) is 12.0 Å². The Morgan fingerprint density at radius 1 is 1.59 bits per heavy atom. The van der Waals surface area contributed by atoms with Gasteiger partial charge in [-0.1, -0.05) is 0 Å². The fourth-order valence-electron chi connectivity index (χ4n) is 2.09. The molecular formula is C12H14N2O3. The number of rotatable bonds is 3. The second-order valence-corrected chi connectivity index (χ2v) is 3.93. The van der Waals surface area contributed by atoms with Gasteiger partial charge in [-0.2, -0.15) is 0 Å². The Bertz CT molecular complexity index is 416. The summed E-state index contributed by atoms with van der Waals surface area (Å²) in [7, 11) is 1.40. The maximum absolute atomic E-state index is 11.6. The molecule has 1 aliphatic heterocycles. The first-order valence-electron chi connectivity index (χ1n) is 5.52. The maximum Gasteiger partial charge on any atom is 0.328 e. The molecule has 0 bridgehead atoms. The van der Waals surface area contributed by atoms with Gasteiger partial charge in [0.05, 0.1) is 19.0 Å². The first kappa shape index (κ1) is 11.6. The predicted molar refractivity (Wildman–Crippen MR) is 62.0 cm³/mol. The van der Waals surface area contributed by atoms with Crippen molar-refractivity contribution in [1.82, 2.24) is 4.98 Å². The molecule has 90 valence electrons. The van der Waals surface area contributed by atoms with E-state index >= 15 is 0 Å². The molecule has 0 saturated carbocycles. The molecule has 17 heavy (non-hydrogen) atoms. The number of aldehydes is 1. The lowest BCUT2D eigenvalue weighted by Crippen LogP contribution is -2.36. The van der Waals surface area contributed by atoms with E-state index in [1.54, 1.807) is 18.3 Å². The van der Waals surface area contributed by atoms with E-state index in [0.717, 1.165) is 25.1 Å². The summed E-state index contributed by atoms with van der Waals surface area (Å²) in [6.07, 6.45) is 4.06. The molecule has 5 nitrogen and oxygen atoms in total. The van der Waals surface area contributed by atoms with Gasteiger partial charge in [0.2, 0.25) is 0 Å². The van der Waals surface area contributed by atoms with Gasteiger partial charge in [0, 0.05) is 6.54 Å². The van der Waals surface area contributed by atoms with E-state index in [1.807, 2.05) is 4.90 Å². The lowest BCUT2D eigenvalue weighted by molar-refractivity contribution is -0.141. The summed E-state index contributed by atoms with van der Waals surface area (Å²) in [4.78, 5) is 28.1. The highest BCUT2D eigenvalue weighted by molar-refractivity contribution is 5.81. The Morgan fingerprint density at radius 3 is 3.00 bits per heavy atom. The van der Waals surface area contributed by atoms with Crippen LogP contribution in [0.4, 0.5) is 5.69 Å². The van der Waals surface area contributed by atoms with E-state index < -0.39 is 0 Å². The molecule has 2 rings (SSSR count). The van der Waals surface area contributed by atoms with Crippen LogP contribution < -0.4 is 4.90 Å². The molecule has 1 fully saturated rings. The minimum absolute atomic E-state index is 0.220. The number of methoxy groups -OCH3 is 1. The molecule has 1 atom stereocenters. The topological polar surface area (TPSA) is 59.5 Å². The van der Waals surface area contributed by atoms with Gasteiger partial charge in [0.25, 0.3) is 0 Å². The van der Waals surface area contributed by atoms with Crippen molar-refractivity contribution in [3.63, 3.8) is 0 Å². The highest BCUT2D eigenvalue weighted by Crippen LogP contribution is 2.25. The highest BCUT2D eigenvalue weighted by Gasteiger charge is 2.31. The monoisotopic (exact) mass is 234 g/mol. The Labute approximate surface area is 99.4 Å². The van der Waals surface area contributed by atoms with E-state index in [9.17, 15) is 9.59 Å². The molecule has 1 aromatic rings. The Hall–Kier alpha value is -1.91. The number of hydrogen-bond acceptors (Lipinski definition) is 5. The predicted octanol–water partition coefficient (Wildman–Crippen LogP) is 1.04. The standard InChI is InChI=1S/C12H14N2O3/c1-17-12(16)11-3-2-6-14(11)10-5-4-9(8-15)13-7-10/h4-5,7-8,11H,2-3,6H2,1H3. The summed E-state index contributed by atoms with van der Waals surface area (Å²) >= 11 is 0. The van der Waals surface area contributed by atoms with Crippen LogP contribution in [0.15, 0.2) is 18.3 Å². The SMILES string of the molecule is COC(=O)C1CCCN1c1ccc(C=O)nc1. The van der Waals surface area contributed by atoms with Crippen molar-refractivity contribution in [3.05, 3.63) is 24.0 Å². The molecule has 0 N–H and O–H groups in total. The fraction of sp³-hybridized carbons (Fsp3) is 0.417. The summed E-state index contributed by atoms with van der Waals surface area (Å²) in [5.74, 6) is -0.220. The third-order valence-corrected chi connectivity index (χ3v) is 2.95. The normalized spacial score (nSPS) is 19.1. The average molecular weight is 234 g/mol. The third kappa shape index (κ3) is 2.27. The second-order valence-electron chi connectivity index (χ2n) is 3.93. The molecule has 0 spiro atoms. The smallest absolute Gasteiger partial charge is 0.328 e. The van der Waals surface area contributed by atoms with Crippen LogP contribution in [0.5, 0.6) is 0 Å². The molecule has 0 amide bonds. The number of carbonyl (C=O) groups is 2. The number of aromatic nitrogens is 1. The van der Waals surface area contributed by atoms with Gasteiger partial charge < -0.3 is 9.64 Å². The van der Waals surface area contributed by atoms with Gasteiger partial charge in [-0.3, -0.25) is 9.78 Å². The molecule has 1 aromatic heterocycles. The Balaban J connectivity index is 2.19. The minimum atomic E-state index is -0.233. The van der Waals surface area contributed by atoms with Crippen LogP contribution in [-0.2, 0) is 9.53 Å².